The molecule has 0 bridgehead atoms. The molecule has 0 saturated carbocycles. The van der Waals surface area contributed by atoms with E-state index in [9.17, 15) is 0 Å². The predicted molar refractivity (Wildman–Crippen MR) is 111 cm³/mol. The standard InChI is InChI=1S/C23H24N4O/c1-5-23-17(3)25-15-27(23)20-9-7-11-22(13-20)28-21-10-6-8-19(12-21)26-14-24-16(2)18(26)4/h6-15H,5H2,1-4H3. The van der Waals surface area contributed by atoms with Gasteiger partial charge in [-0.3, -0.25) is 0 Å². The predicted octanol–water partition coefficient (Wildman–Crippen LogP) is 5.34. The van der Waals surface area contributed by atoms with Crippen LogP contribution in [0.4, 0.5) is 0 Å². The van der Waals surface area contributed by atoms with Crippen molar-refractivity contribution in [2.75, 3.05) is 0 Å². The van der Waals surface area contributed by atoms with Gasteiger partial charge in [-0.05, 0) is 51.5 Å². The first-order valence-corrected chi connectivity index (χ1v) is 9.49. The summed E-state index contributed by atoms with van der Waals surface area (Å²) in [6, 6.07) is 16.1. The van der Waals surface area contributed by atoms with Crippen LogP contribution in [-0.4, -0.2) is 19.1 Å². The van der Waals surface area contributed by atoms with Crippen LogP contribution in [0.3, 0.4) is 0 Å². The molecule has 2 heterocycles. The van der Waals surface area contributed by atoms with Gasteiger partial charge in [0.25, 0.3) is 0 Å². The van der Waals surface area contributed by atoms with Crippen molar-refractivity contribution in [2.24, 2.45) is 0 Å². The zero-order valence-electron chi connectivity index (χ0n) is 16.7. The maximum absolute atomic E-state index is 6.16. The number of nitrogens with zero attached hydrogens (tertiary/aromatic N) is 4. The van der Waals surface area contributed by atoms with Crippen molar-refractivity contribution in [3.05, 3.63) is 84.0 Å². The Kier molecular flexibility index (Phi) is 4.74. The molecule has 2 aromatic heterocycles. The van der Waals surface area contributed by atoms with Crippen molar-refractivity contribution in [3.63, 3.8) is 0 Å². The molecule has 142 valence electrons. The van der Waals surface area contributed by atoms with E-state index in [1.165, 1.54) is 5.69 Å². The first-order valence-electron chi connectivity index (χ1n) is 9.49. The Morgan fingerprint density at radius 2 is 1.36 bits per heavy atom. The minimum atomic E-state index is 0.790. The molecule has 0 atom stereocenters. The Morgan fingerprint density at radius 1 is 0.786 bits per heavy atom. The van der Waals surface area contributed by atoms with Gasteiger partial charge in [0.15, 0.2) is 0 Å². The normalized spacial score (nSPS) is 11.0. The molecular formula is C23H24N4O. The van der Waals surface area contributed by atoms with Gasteiger partial charge >= 0.3 is 0 Å². The highest BCUT2D eigenvalue weighted by Gasteiger charge is 2.09. The van der Waals surface area contributed by atoms with Gasteiger partial charge in [0, 0.05) is 23.5 Å². The Balaban J connectivity index is 1.63. The first-order chi connectivity index (χ1) is 13.6. The summed E-state index contributed by atoms with van der Waals surface area (Å²) < 4.78 is 10.4. The Labute approximate surface area is 165 Å². The minimum absolute atomic E-state index is 0.790. The fourth-order valence-electron chi connectivity index (χ4n) is 3.40. The molecule has 4 rings (SSSR count). The van der Waals surface area contributed by atoms with E-state index in [2.05, 4.69) is 45.1 Å². The summed E-state index contributed by atoms with van der Waals surface area (Å²) in [4.78, 5) is 8.83. The van der Waals surface area contributed by atoms with Gasteiger partial charge in [0.05, 0.1) is 35.4 Å². The number of aromatic nitrogens is 4. The number of hydrogen-bond donors (Lipinski definition) is 0. The summed E-state index contributed by atoms with van der Waals surface area (Å²) in [5.41, 5.74) is 6.51. The highest BCUT2D eigenvalue weighted by atomic mass is 16.5. The van der Waals surface area contributed by atoms with Crippen molar-refractivity contribution in [1.29, 1.82) is 0 Å². The van der Waals surface area contributed by atoms with E-state index < -0.39 is 0 Å². The zero-order chi connectivity index (χ0) is 19.7. The lowest BCUT2D eigenvalue weighted by Crippen LogP contribution is -1.99. The topological polar surface area (TPSA) is 44.9 Å². The fourth-order valence-corrected chi connectivity index (χ4v) is 3.40. The molecule has 0 unspecified atom stereocenters. The number of imidazole rings is 2. The molecule has 0 radical (unpaired) electrons. The molecule has 0 aliphatic heterocycles. The quantitative estimate of drug-likeness (QED) is 0.475. The molecule has 5 nitrogen and oxygen atoms in total. The van der Waals surface area contributed by atoms with Gasteiger partial charge in [-0.25, -0.2) is 9.97 Å². The zero-order valence-corrected chi connectivity index (χ0v) is 16.7. The monoisotopic (exact) mass is 372 g/mol. The van der Waals surface area contributed by atoms with E-state index in [1.807, 2.05) is 62.9 Å². The van der Waals surface area contributed by atoms with E-state index in [0.717, 1.165) is 46.4 Å². The van der Waals surface area contributed by atoms with Gasteiger partial charge in [0.2, 0.25) is 0 Å². The van der Waals surface area contributed by atoms with Gasteiger partial charge in [0.1, 0.15) is 11.5 Å². The van der Waals surface area contributed by atoms with Crippen molar-refractivity contribution in [2.45, 2.75) is 34.1 Å². The second-order valence-electron chi connectivity index (χ2n) is 6.88. The van der Waals surface area contributed by atoms with E-state index in [0.29, 0.717) is 0 Å². The Bertz CT molecular complexity index is 1120. The summed E-state index contributed by atoms with van der Waals surface area (Å²) in [6.45, 7) is 8.27. The van der Waals surface area contributed by atoms with Gasteiger partial charge < -0.3 is 13.9 Å². The van der Waals surface area contributed by atoms with Gasteiger partial charge in [-0.15, -0.1) is 0 Å². The summed E-state index contributed by atoms with van der Waals surface area (Å²) >= 11 is 0. The van der Waals surface area contributed by atoms with Crippen LogP contribution < -0.4 is 4.74 Å². The summed E-state index contributed by atoms with van der Waals surface area (Å²) in [5.74, 6) is 1.58. The molecule has 5 heteroatoms. The molecule has 0 amide bonds. The summed E-state index contributed by atoms with van der Waals surface area (Å²) in [5, 5.41) is 0. The van der Waals surface area contributed by atoms with Crippen LogP contribution in [0.2, 0.25) is 0 Å². The molecule has 0 fully saturated rings. The van der Waals surface area contributed by atoms with Crippen LogP contribution in [0.25, 0.3) is 11.4 Å². The van der Waals surface area contributed by atoms with Crippen LogP contribution in [0.5, 0.6) is 11.5 Å². The van der Waals surface area contributed by atoms with E-state index in [4.69, 9.17) is 4.74 Å². The first kappa shape index (κ1) is 18.0. The third-order valence-corrected chi connectivity index (χ3v) is 5.09. The van der Waals surface area contributed by atoms with Crippen molar-refractivity contribution < 1.29 is 4.74 Å². The average molecular weight is 372 g/mol. The number of benzene rings is 2. The molecule has 0 saturated heterocycles. The maximum atomic E-state index is 6.16. The fraction of sp³-hybridized carbons (Fsp3) is 0.217. The summed E-state index contributed by atoms with van der Waals surface area (Å²) in [6.07, 6.45) is 4.65. The lowest BCUT2D eigenvalue weighted by Gasteiger charge is -2.12. The largest absolute Gasteiger partial charge is 0.457 e. The number of hydrogen-bond acceptors (Lipinski definition) is 3. The van der Waals surface area contributed by atoms with E-state index >= 15 is 0 Å². The van der Waals surface area contributed by atoms with Crippen LogP contribution in [0.1, 0.15) is 29.7 Å². The van der Waals surface area contributed by atoms with Crippen molar-refractivity contribution in [1.82, 2.24) is 19.1 Å². The average Bonchev–Trinajstić information content (AvgIpc) is 3.24. The molecule has 0 aliphatic carbocycles. The SMILES string of the molecule is CCc1c(C)ncn1-c1cccc(Oc2cccc(-n3cnc(C)c3C)c2)c1. The molecule has 4 aromatic rings. The lowest BCUT2D eigenvalue weighted by atomic mass is 10.2. The van der Waals surface area contributed by atoms with Crippen LogP contribution in [0, 0.1) is 20.8 Å². The van der Waals surface area contributed by atoms with Crippen LogP contribution >= 0.6 is 0 Å². The highest BCUT2D eigenvalue weighted by molar-refractivity contribution is 5.46. The minimum Gasteiger partial charge on any atom is -0.457 e. The highest BCUT2D eigenvalue weighted by Crippen LogP contribution is 2.27. The third kappa shape index (κ3) is 3.31. The van der Waals surface area contributed by atoms with Crippen LogP contribution in [-0.2, 0) is 6.42 Å². The van der Waals surface area contributed by atoms with E-state index in [-0.39, 0.29) is 0 Å². The molecular weight excluding hydrogens is 348 g/mol. The maximum Gasteiger partial charge on any atom is 0.129 e. The molecule has 2 aromatic carbocycles. The molecule has 28 heavy (non-hydrogen) atoms. The van der Waals surface area contributed by atoms with Gasteiger partial charge in [-0.2, -0.15) is 0 Å². The Hall–Kier alpha value is -3.34. The molecule has 0 N–H and O–H groups in total. The Morgan fingerprint density at radius 3 is 1.93 bits per heavy atom. The number of aryl methyl sites for hydroxylation is 2. The van der Waals surface area contributed by atoms with Crippen LogP contribution in [0.15, 0.2) is 61.2 Å². The smallest absolute Gasteiger partial charge is 0.129 e. The second-order valence-corrected chi connectivity index (χ2v) is 6.88. The molecule has 0 spiro atoms. The number of ether oxygens (including phenoxy) is 1. The number of rotatable bonds is 5. The van der Waals surface area contributed by atoms with E-state index in [1.54, 1.807) is 0 Å². The molecule has 0 aliphatic rings. The third-order valence-electron chi connectivity index (χ3n) is 5.09. The summed E-state index contributed by atoms with van der Waals surface area (Å²) in [7, 11) is 0. The lowest BCUT2D eigenvalue weighted by molar-refractivity contribution is 0.482. The van der Waals surface area contributed by atoms with Gasteiger partial charge in [-0.1, -0.05) is 19.1 Å². The van der Waals surface area contributed by atoms with Crippen molar-refractivity contribution in [3.8, 4) is 22.9 Å². The second kappa shape index (κ2) is 7.35. The van der Waals surface area contributed by atoms with Crippen molar-refractivity contribution >= 4 is 0 Å².